The highest BCUT2D eigenvalue weighted by Gasteiger charge is 2.21. The molecule has 3 nitrogen and oxygen atoms in total. The van der Waals surface area contributed by atoms with E-state index in [1.165, 1.54) is 12.7 Å². The molecule has 22 heavy (non-hydrogen) atoms. The summed E-state index contributed by atoms with van der Waals surface area (Å²) in [7, 11) is 1.53. The maximum atomic E-state index is 11.6. The summed E-state index contributed by atoms with van der Waals surface area (Å²) in [6.07, 6.45) is 1.40. The quantitative estimate of drug-likeness (QED) is 0.862. The van der Waals surface area contributed by atoms with Crippen molar-refractivity contribution in [2.45, 2.75) is 25.7 Å². The van der Waals surface area contributed by atoms with Crippen LogP contribution >= 0.6 is 11.6 Å². The molecule has 0 aliphatic carbocycles. The first-order chi connectivity index (χ1) is 10.5. The number of carboxylic acids is 1. The highest BCUT2D eigenvalue weighted by molar-refractivity contribution is 6.32. The van der Waals surface area contributed by atoms with E-state index in [1.54, 1.807) is 18.2 Å². The van der Waals surface area contributed by atoms with Gasteiger partial charge in [-0.15, -0.1) is 0 Å². The molecule has 2 rings (SSSR count). The van der Waals surface area contributed by atoms with Gasteiger partial charge in [0.15, 0.2) is 0 Å². The van der Waals surface area contributed by atoms with Gasteiger partial charge in [-0.05, 0) is 41.7 Å². The van der Waals surface area contributed by atoms with E-state index in [4.69, 9.17) is 16.3 Å². The van der Waals surface area contributed by atoms with Crippen LogP contribution in [-0.4, -0.2) is 18.2 Å². The van der Waals surface area contributed by atoms with Crippen molar-refractivity contribution in [1.29, 1.82) is 0 Å². The maximum absolute atomic E-state index is 11.6. The molecule has 0 radical (unpaired) electrons. The molecule has 0 amide bonds. The highest BCUT2D eigenvalue weighted by atomic mass is 35.5. The number of carbonyl (C=O) groups is 1. The first kappa shape index (κ1) is 16.4. The van der Waals surface area contributed by atoms with E-state index < -0.39 is 11.9 Å². The Bertz CT molecular complexity index is 650. The molecule has 1 N–H and O–H groups in total. The van der Waals surface area contributed by atoms with Crippen molar-refractivity contribution in [2.24, 2.45) is 0 Å². The van der Waals surface area contributed by atoms with Crippen LogP contribution < -0.4 is 4.74 Å². The number of ether oxygens (including phenoxy) is 1. The van der Waals surface area contributed by atoms with Gasteiger partial charge in [-0.2, -0.15) is 0 Å². The van der Waals surface area contributed by atoms with E-state index in [0.29, 0.717) is 22.8 Å². The lowest BCUT2D eigenvalue weighted by Gasteiger charge is -2.14. The van der Waals surface area contributed by atoms with Gasteiger partial charge >= 0.3 is 5.97 Å². The lowest BCUT2D eigenvalue weighted by molar-refractivity contribution is -0.138. The van der Waals surface area contributed by atoms with Crippen LogP contribution in [0.25, 0.3) is 0 Å². The van der Waals surface area contributed by atoms with Crippen molar-refractivity contribution >= 4 is 17.6 Å². The van der Waals surface area contributed by atoms with Crippen LogP contribution in [0.1, 0.15) is 29.5 Å². The molecule has 0 bridgehead atoms. The van der Waals surface area contributed by atoms with E-state index in [-0.39, 0.29) is 0 Å². The van der Waals surface area contributed by atoms with Gasteiger partial charge in [0, 0.05) is 0 Å². The number of rotatable bonds is 6. The summed E-state index contributed by atoms with van der Waals surface area (Å²) in [5.41, 5.74) is 2.91. The summed E-state index contributed by atoms with van der Waals surface area (Å²) in [5.74, 6) is -0.946. The zero-order valence-electron chi connectivity index (χ0n) is 12.7. The molecule has 0 saturated heterocycles. The molecule has 2 aromatic rings. The summed E-state index contributed by atoms with van der Waals surface area (Å²) >= 11 is 6.10. The van der Waals surface area contributed by atoms with Crippen molar-refractivity contribution in [2.75, 3.05) is 7.11 Å². The van der Waals surface area contributed by atoms with Gasteiger partial charge in [0.05, 0.1) is 18.1 Å². The molecule has 4 heteroatoms. The van der Waals surface area contributed by atoms with E-state index in [2.05, 4.69) is 6.92 Å². The molecule has 0 fully saturated rings. The Labute approximate surface area is 135 Å². The molecule has 1 atom stereocenters. The van der Waals surface area contributed by atoms with Crippen molar-refractivity contribution in [3.05, 3.63) is 64.2 Å². The van der Waals surface area contributed by atoms with Crippen molar-refractivity contribution < 1.29 is 14.6 Å². The normalized spacial score (nSPS) is 12.0. The third-order valence-corrected chi connectivity index (χ3v) is 4.04. The minimum atomic E-state index is -0.860. The Hall–Kier alpha value is -2.00. The first-order valence-corrected chi connectivity index (χ1v) is 7.57. The Morgan fingerprint density at radius 1 is 1.18 bits per heavy atom. The first-order valence-electron chi connectivity index (χ1n) is 7.19. The smallest absolute Gasteiger partial charge is 0.311 e. The largest absolute Gasteiger partial charge is 0.495 e. The van der Waals surface area contributed by atoms with Gasteiger partial charge in [0.2, 0.25) is 0 Å². The molecule has 2 aromatic carbocycles. The number of methoxy groups -OCH3 is 1. The zero-order chi connectivity index (χ0) is 16.1. The molecule has 0 aliphatic heterocycles. The fraction of sp³-hybridized carbons (Fsp3) is 0.278. The number of halogens is 1. The lowest BCUT2D eigenvalue weighted by Crippen LogP contribution is -2.14. The topological polar surface area (TPSA) is 46.5 Å². The molecule has 0 heterocycles. The van der Waals surface area contributed by atoms with Crippen LogP contribution in [0.5, 0.6) is 5.75 Å². The number of aliphatic carboxylic acids is 1. The van der Waals surface area contributed by atoms with E-state index in [0.717, 1.165) is 12.0 Å². The predicted molar refractivity (Wildman–Crippen MR) is 87.9 cm³/mol. The molecule has 1 unspecified atom stereocenters. The molecule has 0 saturated carbocycles. The monoisotopic (exact) mass is 318 g/mol. The van der Waals surface area contributed by atoms with Crippen LogP contribution in [0.2, 0.25) is 5.02 Å². The number of hydrogen-bond acceptors (Lipinski definition) is 2. The van der Waals surface area contributed by atoms with E-state index in [1.807, 2.05) is 24.3 Å². The van der Waals surface area contributed by atoms with Crippen molar-refractivity contribution in [3.63, 3.8) is 0 Å². The third-order valence-electron chi connectivity index (χ3n) is 3.75. The Kier molecular flexibility index (Phi) is 5.45. The maximum Gasteiger partial charge on any atom is 0.311 e. The van der Waals surface area contributed by atoms with E-state index >= 15 is 0 Å². The zero-order valence-corrected chi connectivity index (χ0v) is 13.4. The minimum absolute atomic E-state index is 0.424. The summed E-state index contributed by atoms with van der Waals surface area (Å²) in [5, 5.41) is 9.96. The van der Waals surface area contributed by atoms with Crippen LogP contribution in [0.4, 0.5) is 0 Å². The van der Waals surface area contributed by atoms with Gasteiger partial charge in [0.25, 0.3) is 0 Å². The summed E-state index contributed by atoms with van der Waals surface area (Å²) in [4.78, 5) is 11.6. The SMILES string of the molecule is CCc1ccc(CC(C(=O)O)c2ccc(OC)c(Cl)c2)cc1. The number of benzene rings is 2. The molecule has 116 valence electrons. The van der Waals surface area contributed by atoms with Crippen molar-refractivity contribution in [3.8, 4) is 5.75 Å². The standard InChI is InChI=1S/C18H19ClO3/c1-3-12-4-6-13(7-5-12)10-15(18(20)21)14-8-9-17(22-2)16(19)11-14/h4-9,11,15H,3,10H2,1-2H3,(H,20,21). The molecule has 0 aromatic heterocycles. The summed E-state index contributed by atoms with van der Waals surface area (Å²) in [6.45, 7) is 2.09. The Morgan fingerprint density at radius 3 is 2.32 bits per heavy atom. The molecule has 0 aliphatic rings. The lowest BCUT2D eigenvalue weighted by atomic mass is 9.91. The van der Waals surface area contributed by atoms with Gasteiger partial charge in [-0.1, -0.05) is 48.9 Å². The third kappa shape index (κ3) is 3.80. The second kappa shape index (κ2) is 7.32. The summed E-state index contributed by atoms with van der Waals surface area (Å²) in [6, 6.07) is 13.2. The fourth-order valence-corrected chi connectivity index (χ4v) is 2.66. The number of aryl methyl sites for hydroxylation is 1. The molecular formula is C18H19ClO3. The average Bonchev–Trinajstić information content (AvgIpc) is 2.52. The van der Waals surface area contributed by atoms with Gasteiger partial charge in [-0.3, -0.25) is 4.79 Å². The second-order valence-electron chi connectivity index (χ2n) is 5.16. The van der Waals surface area contributed by atoms with Gasteiger partial charge < -0.3 is 9.84 Å². The Balaban J connectivity index is 2.26. The average molecular weight is 319 g/mol. The van der Waals surface area contributed by atoms with Crippen LogP contribution in [0.3, 0.4) is 0 Å². The van der Waals surface area contributed by atoms with Gasteiger partial charge in [-0.25, -0.2) is 0 Å². The number of carboxylic acid groups (broad SMARTS) is 1. The summed E-state index contributed by atoms with van der Waals surface area (Å²) < 4.78 is 5.10. The highest BCUT2D eigenvalue weighted by Crippen LogP contribution is 2.30. The number of hydrogen-bond donors (Lipinski definition) is 1. The van der Waals surface area contributed by atoms with Crippen molar-refractivity contribution in [1.82, 2.24) is 0 Å². The second-order valence-corrected chi connectivity index (χ2v) is 5.57. The molecule has 0 spiro atoms. The Morgan fingerprint density at radius 2 is 1.82 bits per heavy atom. The predicted octanol–water partition coefficient (Wildman–Crippen LogP) is 4.32. The fourth-order valence-electron chi connectivity index (χ4n) is 2.39. The van der Waals surface area contributed by atoms with Crippen LogP contribution in [-0.2, 0) is 17.6 Å². The minimum Gasteiger partial charge on any atom is -0.495 e. The van der Waals surface area contributed by atoms with E-state index in [9.17, 15) is 9.90 Å². The van der Waals surface area contributed by atoms with Crippen LogP contribution in [0.15, 0.2) is 42.5 Å². The van der Waals surface area contributed by atoms with Crippen LogP contribution in [0, 0.1) is 0 Å². The molecular weight excluding hydrogens is 300 g/mol. The van der Waals surface area contributed by atoms with Gasteiger partial charge in [0.1, 0.15) is 5.75 Å².